The van der Waals surface area contributed by atoms with Gasteiger partial charge in [-0.05, 0) is 41.6 Å². The van der Waals surface area contributed by atoms with Gasteiger partial charge in [-0.1, -0.05) is 12.1 Å². The number of aromatic carboxylic acids is 1. The van der Waals surface area contributed by atoms with E-state index in [0.29, 0.717) is 5.75 Å². The molecule has 0 aliphatic carbocycles. The summed E-state index contributed by atoms with van der Waals surface area (Å²) in [6.45, 7) is 1.85. The van der Waals surface area contributed by atoms with Crippen LogP contribution in [0.2, 0.25) is 0 Å². The zero-order chi connectivity index (χ0) is 9.84. The molecule has 3 nitrogen and oxygen atoms in total. The monoisotopic (exact) mass is 292 g/mol. The molecule has 13 heavy (non-hydrogen) atoms. The third kappa shape index (κ3) is 2.87. The standard InChI is InChI=1S/C9H9IO3/c1-6(10)13-8-5-3-2-4-7(8)9(11)12/h2-6H,1H3,(H,11,12). The molecule has 0 aliphatic rings. The van der Waals surface area contributed by atoms with Crippen LogP contribution in [0.15, 0.2) is 24.3 Å². The number of rotatable bonds is 3. The van der Waals surface area contributed by atoms with Gasteiger partial charge in [-0.25, -0.2) is 4.79 Å². The van der Waals surface area contributed by atoms with E-state index in [1.165, 1.54) is 6.07 Å². The molecule has 0 spiro atoms. The normalized spacial score (nSPS) is 12.2. The van der Waals surface area contributed by atoms with Gasteiger partial charge in [0.15, 0.2) is 0 Å². The number of benzene rings is 1. The summed E-state index contributed by atoms with van der Waals surface area (Å²) in [7, 11) is 0. The number of ether oxygens (including phenoxy) is 1. The Kier molecular flexibility index (Phi) is 3.53. The van der Waals surface area contributed by atoms with Crippen LogP contribution in [0.3, 0.4) is 0 Å². The summed E-state index contributed by atoms with van der Waals surface area (Å²) in [6.07, 6.45) is 0. The Balaban J connectivity index is 2.98. The van der Waals surface area contributed by atoms with E-state index in [9.17, 15) is 4.79 Å². The summed E-state index contributed by atoms with van der Waals surface area (Å²) < 4.78 is 5.27. The van der Waals surface area contributed by atoms with Gasteiger partial charge in [0.1, 0.15) is 15.4 Å². The quantitative estimate of drug-likeness (QED) is 0.688. The zero-order valence-electron chi connectivity index (χ0n) is 7.03. The lowest BCUT2D eigenvalue weighted by Gasteiger charge is -2.10. The molecule has 0 aliphatic heterocycles. The van der Waals surface area contributed by atoms with Crippen molar-refractivity contribution in [2.75, 3.05) is 0 Å². The Morgan fingerprint density at radius 3 is 2.69 bits per heavy atom. The second-order valence-corrected chi connectivity index (χ2v) is 4.22. The van der Waals surface area contributed by atoms with Crippen LogP contribution in [0.5, 0.6) is 5.75 Å². The first-order valence-electron chi connectivity index (χ1n) is 3.74. The van der Waals surface area contributed by atoms with Gasteiger partial charge in [-0.2, -0.15) is 0 Å². The van der Waals surface area contributed by atoms with Gasteiger partial charge in [-0.3, -0.25) is 0 Å². The molecule has 0 heterocycles. The molecule has 70 valence electrons. The summed E-state index contributed by atoms with van der Waals surface area (Å²) in [5, 5.41) is 8.80. The number of hydrogen-bond donors (Lipinski definition) is 1. The second kappa shape index (κ2) is 4.45. The summed E-state index contributed by atoms with van der Waals surface area (Å²) in [5.74, 6) is -0.551. The first kappa shape index (κ1) is 10.3. The van der Waals surface area contributed by atoms with E-state index >= 15 is 0 Å². The molecule has 0 fully saturated rings. The van der Waals surface area contributed by atoms with Crippen molar-refractivity contribution < 1.29 is 14.6 Å². The van der Waals surface area contributed by atoms with E-state index in [0.717, 1.165) is 0 Å². The van der Waals surface area contributed by atoms with Crippen molar-refractivity contribution in [1.29, 1.82) is 0 Å². The molecule has 0 saturated carbocycles. The lowest BCUT2D eigenvalue weighted by Crippen LogP contribution is -2.06. The minimum absolute atomic E-state index is 0.0434. The van der Waals surface area contributed by atoms with Gasteiger partial charge in [0.05, 0.1) is 0 Å². The van der Waals surface area contributed by atoms with Crippen LogP contribution in [0, 0.1) is 0 Å². The van der Waals surface area contributed by atoms with E-state index in [2.05, 4.69) is 22.6 Å². The number of carboxylic acids is 1. The third-order valence-electron chi connectivity index (χ3n) is 1.41. The topological polar surface area (TPSA) is 46.5 Å². The zero-order valence-corrected chi connectivity index (χ0v) is 9.19. The van der Waals surface area contributed by atoms with Gasteiger partial charge >= 0.3 is 5.97 Å². The lowest BCUT2D eigenvalue weighted by atomic mass is 10.2. The molecule has 1 N–H and O–H groups in total. The Hall–Kier alpha value is -0.780. The average molecular weight is 292 g/mol. The smallest absolute Gasteiger partial charge is 0.339 e. The van der Waals surface area contributed by atoms with Crippen LogP contribution in [-0.4, -0.2) is 15.2 Å². The molecule has 0 amide bonds. The van der Waals surface area contributed by atoms with Crippen LogP contribution in [0.25, 0.3) is 0 Å². The summed E-state index contributed by atoms with van der Waals surface area (Å²) in [6, 6.07) is 6.60. The van der Waals surface area contributed by atoms with Crippen LogP contribution in [-0.2, 0) is 0 Å². The van der Waals surface area contributed by atoms with E-state index in [-0.39, 0.29) is 9.67 Å². The van der Waals surface area contributed by atoms with Gasteiger partial charge in [0.2, 0.25) is 0 Å². The second-order valence-electron chi connectivity index (χ2n) is 2.46. The Bertz CT molecular complexity index is 309. The molecule has 0 saturated heterocycles. The summed E-state index contributed by atoms with van der Waals surface area (Å²) >= 11 is 2.07. The van der Waals surface area contributed by atoms with Crippen molar-refractivity contribution in [3.05, 3.63) is 29.8 Å². The van der Waals surface area contributed by atoms with E-state index in [1.54, 1.807) is 18.2 Å². The van der Waals surface area contributed by atoms with E-state index < -0.39 is 5.97 Å². The van der Waals surface area contributed by atoms with Gasteiger partial charge in [0.25, 0.3) is 0 Å². The van der Waals surface area contributed by atoms with Crippen molar-refractivity contribution in [1.82, 2.24) is 0 Å². The van der Waals surface area contributed by atoms with Crippen molar-refractivity contribution in [3.63, 3.8) is 0 Å². The number of halogens is 1. The Labute approximate surface area is 89.9 Å². The van der Waals surface area contributed by atoms with Crippen molar-refractivity contribution in [3.8, 4) is 5.75 Å². The highest BCUT2D eigenvalue weighted by molar-refractivity contribution is 14.1. The van der Waals surface area contributed by atoms with Gasteiger partial charge < -0.3 is 9.84 Å². The fourth-order valence-electron chi connectivity index (χ4n) is 0.921. The maximum atomic E-state index is 10.7. The SMILES string of the molecule is CC(I)Oc1ccccc1C(=O)O. The van der Waals surface area contributed by atoms with E-state index in [4.69, 9.17) is 9.84 Å². The average Bonchev–Trinajstić information content (AvgIpc) is 2.03. The Morgan fingerprint density at radius 2 is 2.15 bits per heavy atom. The molecule has 0 bridgehead atoms. The third-order valence-corrected chi connectivity index (χ3v) is 1.66. The summed E-state index contributed by atoms with van der Waals surface area (Å²) in [5.41, 5.74) is 0.200. The van der Waals surface area contributed by atoms with Crippen molar-refractivity contribution >= 4 is 28.6 Å². The van der Waals surface area contributed by atoms with Gasteiger partial charge in [0, 0.05) is 0 Å². The van der Waals surface area contributed by atoms with Crippen LogP contribution >= 0.6 is 22.6 Å². The molecular weight excluding hydrogens is 283 g/mol. The maximum Gasteiger partial charge on any atom is 0.339 e. The molecule has 4 heteroatoms. The maximum absolute atomic E-state index is 10.7. The fraction of sp³-hybridized carbons (Fsp3) is 0.222. The number of alkyl halides is 1. The minimum atomic E-state index is -0.965. The van der Waals surface area contributed by atoms with Crippen molar-refractivity contribution in [2.24, 2.45) is 0 Å². The Morgan fingerprint density at radius 1 is 1.54 bits per heavy atom. The summed E-state index contributed by atoms with van der Waals surface area (Å²) in [4.78, 5) is 10.7. The van der Waals surface area contributed by atoms with Crippen LogP contribution < -0.4 is 4.74 Å². The van der Waals surface area contributed by atoms with Crippen LogP contribution in [0.4, 0.5) is 0 Å². The number of carbonyl (C=O) groups is 1. The van der Waals surface area contributed by atoms with Gasteiger partial charge in [-0.15, -0.1) is 0 Å². The highest BCUT2D eigenvalue weighted by atomic mass is 127. The highest BCUT2D eigenvalue weighted by Crippen LogP contribution is 2.20. The fourth-order valence-corrected chi connectivity index (χ4v) is 1.19. The molecular formula is C9H9IO3. The molecule has 1 aromatic rings. The molecule has 0 radical (unpaired) electrons. The van der Waals surface area contributed by atoms with Crippen LogP contribution in [0.1, 0.15) is 17.3 Å². The molecule has 0 aromatic heterocycles. The minimum Gasteiger partial charge on any atom is -0.480 e. The molecule has 1 aromatic carbocycles. The van der Waals surface area contributed by atoms with E-state index in [1.807, 2.05) is 6.92 Å². The predicted molar refractivity (Wildman–Crippen MR) is 57.5 cm³/mol. The molecule has 1 rings (SSSR count). The number of para-hydroxylation sites is 1. The highest BCUT2D eigenvalue weighted by Gasteiger charge is 2.10. The largest absolute Gasteiger partial charge is 0.480 e. The molecule has 1 unspecified atom stereocenters. The van der Waals surface area contributed by atoms with Crippen molar-refractivity contribution in [2.45, 2.75) is 11.0 Å². The number of hydrogen-bond acceptors (Lipinski definition) is 2. The number of carboxylic acid groups (broad SMARTS) is 1. The molecule has 1 atom stereocenters. The first-order chi connectivity index (χ1) is 6.11. The lowest BCUT2D eigenvalue weighted by molar-refractivity contribution is 0.0692. The first-order valence-corrected chi connectivity index (χ1v) is 4.99. The predicted octanol–water partition coefficient (Wildman–Crippen LogP) is 2.54.